The zero-order chi connectivity index (χ0) is 25.7. The van der Waals surface area contributed by atoms with E-state index in [9.17, 15) is 5.11 Å². The number of fused-ring (bicyclic) bond motifs is 1. The minimum Gasteiger partial charge on any atom is -0.393 e. The number of halogens is 1. The molecule has 0 bridgehead atoms. The molecule has 3 aromatic rings. The average Bonchev–Trinajstić information content (AvgIpc) is 2.83. The summed E-state index contributed by atoms with van der Waals surface area (Å²) in [6.45, 7) is 12.2. The zero-order valence-corrected chi connectivity index (χ0v) is 23.7. The fourth-order valence-electron chi connectivity index (χ4n) is 6.29. The maximum Gasteiger partial charge on any atom is 0.128 e. The molecular weight excluding hydrogens is 508 g/mol. The molecule has 2 aliphatic rings. The largest absolute Gasteiger partial charge is 0.393 e. The zero-order valence-electron chi connectivity index (χ0n) is 22.2. The van der Waals surface area contributed by atoms with Crippen LogP contribution in [0.4, 0.5) is 11.4 Å². The number of rotatable bonds is 3. The molecule has 36 heavy (non-hydrogen) atoms. The first kappa shape index (κ1) is 25.4. The van der Waals surface area contributed by atoms with Gasteiger partial charge in [0, 0.05) is 34.4 Å². The molecule has 1 saturated heterocycles. The van der Waals surface area contributed by atoms with Crippen LogP contribution in [0, 0.1) is 11.3 Å². The molecule has 190 valence electrons. The number of nitrogens with zero attached hydrogens (tertiary/aromatic N) is 2. The van der Waals surface area contributed by atoms with Crippen molar-refractivity contribution in [3.63, 3.8) is 0 Å². The fraction of sp³-hybridized carbons (Fsp3) is 0.438. The lowest BCUT2D eigenvalue weighted by molar-refractivity contribution is -0.00719. The van der Waals surface area contributed by atoms with Gasteiger partial charge in [0.15, 0.2) is 0 Å². The van der Waals surface area contributed by atoms with Crippen LogP contribution in [0.15, 0.2) is 83.3 Å². The second-order valence-corrected chi connectivity index (χ2v) is 13.4. The first-order valence-corrected chi connectivity index (χ1v) is 14.0. The lowest BCUT2D eigenvalue weighted by Crippen LogP contribution is -2.64. The third kappa shape index (κ3) is 4.95. The molecule has 1 N–H and O–H groups in total. The number of benzene rings is 3. The average molecular weight is 548 g/mol. The van der Waals surface area contributed by atoms with Crippen LogP contribution in [-0.4, -0.2) is 23.8 Å². The SMILES string of the molecule is CC1(C)CC(O)C2CN(c3ccc(C(C)(C)C)cc3)C(c3ccc(Br)cc3)N(c3ccccc3)C2C1. The van der Waals surface area contributed by atoms with E-state index in [-0.39, 0.29) is 35.1 Å². The highest BCUT2D eigenvalue weighted by atomic mass is 79.9. The van der Waals surface area contributed by atoms with Crippen LogP contribution in [0.2, 0.25) is 0 Å². The summed E-state index contributed by atoms with van der Waals surface area (Å²) < 4.78 is 1.08. The maximum atomic E-state index is 11.5. The van der Waals surface area contributed by atoms with Crippen LogP contribution < -0.4 is 9.80 Å². The highest BCUT2D eigenvalue weighted by Gasteiger charge is 2.50. The van der Waals surface area contributed by atoms with Gasteiger partial charge in [0.1, 0.15) is 6.17 Å². The number of hydrogen-bond acceptors (Lipinski definition) is 3. The van der Waals surface area contributed by atoms with E-state index in [4.69, 9.17) is 0 Å². The predicted octanol–water partition coefficient (Wildman–Crippen LogP) is 7.94. The van der Waals surface area contributed by atoms with Gasteiger partial charge in [0.25, 0.3) is 0 Å². The topological polar surface area (TPSA) is 26.7 Å². The van der Waals surface area contributed by atoms with Gasteiger partial charge in [0.05, 0.1) is 6.10 Å². The summed E-state index contributed by atoms with van der Waals surface area (Å²) in [6.07, 6.45) is 1.61. The Morgan fingerprint density at radius 2 is 1.47 bits per heavy atom. The van der Waals surface area contributed by atoms with E-state index in [2.05, 4.69) is 139 Å². The Balaban J connectivity index is 1.67. The maximum absolute atomic E-state index is 11.5. The van der Waals surface area contributed by atoms with Crippen LogP contribution >= 0.6 is 15.9 Å². The van der Waals surface area contributed by atoms with E-state index in [0.717, 1.165) is 23.9 Å². The summed E-state index contributed by atoms with van der Waals surface area (Å²) in [5.74, 6) is 0.173. The summed E-state index contributed by atoms with van der Waals surface area (Å²) in [4.78, 5) is 5.12. The Morgan fingerprint density at radius 3 is 2.08 bits per heavy atom. The van der Waals surface area contributed by atoms with Crippen molar-refractivity contribution in [2.24, 2.45) is 11.3 Å². The third-order valence-corrected chi connectivity index (χ3v) is 8.65. The molecule has 1 heterocycles. The van der Waals surface area contributed by atoms with Crippen LogP contribution in [0.25, 0.3) is 0 Å². The summed E-state index contributed by atoms with van der Waals surface area (Å²) >= 11 is 3.63. The summed E-state index contributed by atoms with van der Waals surface area (Å²) in [7, 11) is 0. The number of hydrogen-bond donors (Lipinski definition) is 1. The minimum absolute atomic E-state index is 0.0309. The Kier molecular flexibility index (Phi) is 6.72. The van der Waals surface area contributed by atoms with Crippen molar-refractivity contribution >= 4 is 27.3 Å². The Bertz CT molecular complexity index is 1170. The van der Waals surface area contributed by atoms with E-state index in [0.29, 0.717) is 0 Å². The number of aliphatic hydroxyl groups is 1. The summed E-state index contributed by atoms with van der Waals surface area (Å²) in [5.41, 5.74) is 5.21. The van der Waals surface area contributed by atoms with Crippen LogP contribution in [0.3, 0.4) is 0 Å². The van der Waals surface area contributed by atoms with Crippen molar-refractivity contribution in [1.29, 1.82) is 0 Å². The highest BCUT2D eigenvalue weighted by molar-refractivity contribution is 9.10. The van der Waals surface area contributed by atoms with Crippen LogP contribution in [0.5, 0.6) is 0 Å². The van der Waals surface area contributed by atoms with E-state index < -0.39 is 0 Å². The molecule has 0 radical (unpaired) electrons. The molecule has 1 saturated carbocycles. The molecule has 3 nitrogen and oxygen atoms in total. The molecule has 5 rings (SSSR count). The molecule has 0 amide bonds. The van der Waals surface area contributed by atoms with Crippen molar-refractivity contribution in [2.45, 2.75) is 71.2 Å². The molecule has 4 atom stereocenters. The molecule has 4 heteroatoms. The Hall–Kier alpha value is -2.30. The van der Waals surface area contributed by atoms with Crippen LogP contribution in [-0.2, 0) is 5.41 Å². The van der Waals surface area contributed by atoms with E-state index in [1.807, 2.05) is 0 Å². The molecule has 4 unspecified atom stereocenters. The summed E-state index contributed by atoms with van der Waals surface area (Å²) in [5, 5.41) is 11.5. The van der Waals surface area contributed by atoms with Crippen molar-refractivity contribution < 1.29 is 5.11 Å². The van der Waals surface area contributed by atoms with Crippen molar-refractivity contribution in [3.8, 4) is 0 Å². The smallest absolute Gasteiger partial charge is 0.128 e. The van der Waals surface area contributed by atoms with Gasteiger partial charge in [-0.3, -0.25) is 0 Å². The number of para-hydroxylation sites is 1. The molecule has 0 spiro atoms. The van der Waals surface area contributed by atoms with Gasteiger partial charge in [-0.05, 0) is 71.2 Å². The molecule has 1 aliphatic heterocycles. The van der Waals surface area contributed by atoms with Gasteiger partial charge in [0.2, 0.25) is 0 Å². The monoisotopic (exact) mass is 546 g/mol. The van der Waals surface area contributed by atoms with Gasteiger partial charge < -0.3 is 14.9 Å². The predicted molar refractivity (Wildman–Crippen MR) is 155 cm³/mol. The lowest BCUT2D eigenvalue weighted by Gasteiger charge is -2.59. The Morgan fingerprint density at radius 1 is 0.833 bits per heavy atom. The first-order chi connectivity index (χ1) is 17.0. The number of aliphatic hydroxyl groups excluding tert-OH is 1. The lowest BCUT2D eigenvalue weighted by atomic mass is 9.66. The van der Waals surface area contributed by atoms with Gasteiger partial charge in [-0.1, -0.05) is 93.0 Å². The highest BCUT2D eigenvalue weighted by Crippen LogP contribution is 2.49. The standard InChI is InChI=1S/C32H39BrN2O/c1-31(2,3)23-13-17-25(18-14-23)34-21-27-28(19-32(4,5)20-29(27)36)35(26-9-7-6-8-10-26)30(34)22-11-15-24(33)16-12-22/h6-18,27-30,36H,19-21H2,1-5H3. The quantitative estimate of drug-likeness (QED) is 0.361. The molecular formula is C32H39BrN2O. The first-order valence-electron chi connectivity index (χ1n) is 13.2. The molecule has 1 aliphatic carbocycles. The van der Waals surface area contributed by atoms with Gasteiger partial charge >= 0.3 is 0 Å². The molecule has 2 fully saturated rings. The second-order valence-electron chi connectivity index (χ2n) is 12.5. The van der Waals surface area contributed by atoms with Crippen LogP contribution in [0.1, 0.15) is 64.8 Å². The third-order valence-electron chi connectivity index (χ3n) is 8.12. The summed E-state index contributed by atoms with van der Waals surface area (Å²) in [6, 6.07) is 28.9. The van der Waals surface area contributed by atoms with Crippen molar-refractivity contribution in [3.05, 3.63) is 94.5 Å². The Labute approximate surface area is 225 Å². The second kappa shape index (κ2) is 9.54. The van der Waals surface area contributed by atoms with E-state index in [1.54, 1.807) is 0 Å². The van der Waals surface area contributed by atoms with Crippen molar-refractivity contribution in [1.82, 2.24) is 0 Å². The van der Waals surface area contributed by atoms with Gasteiger partial charge in [-0.2, -0.15) is 0 Å². The van der Waals surface area contributed by atoms with Crippen molar-refractivity contribution in [2.75, 3.05) is 16.3 Å². The fourth-order valence-corrected chi connectivity index (χ4v) is 6.55. The number of anilines is 2. The normalized spacial score (nSPS) is 26.0. The molecule has 0 aromatic heterocycles. The van der Waals surface area contributed by atoms with E-state index in [1.165, 1.54) is 22.5 Å². The van der Waals surface area contributed by atoms with Gasteiger partial charge in [-0.15, -0.1) is 0 Å². The van der Waals surface area contributed by atoms with Gasteiger partial charge in [-0.25, -0.2) is 0 Å². The van der Waals surface area contributed by atoms with E-state index >= 15 is 0 Å². The minimum atomic E-state index is -0.327. The molecule has 3 aromatic carbocycles.